The van der Waals surface area contributed by atoms with Gasteiger partial charge in [-0.3, -0.25) is 9.59 Å². The molecule has 0 radical (unpaired) electrons. The van der Waals surface area contributed by atoms with Crippen molar-refractivity contribution in [2.45, 2.75) is 20.3 Å². The molecule has 156 valence electrons. The largest absolute Gasteiger partial charge is 0.484 e. The van der Waals surface area contributed by atoms with Crippen molar-refractivity contribution in [3.05, 3.63) is 56.5 Å². The minimum absolute atomic E-state index is 0.0464. The van der Waals surface area contributed by atoms with Gasteiger partial charge in [0.25, 0.3) is 11.8 Å². The maximum Gasteiger partial charge on any atom is 0.257 e. The van der Waals surface area contributed by atoms with Crippen LogP contribution in [0.2, 0.25) is 0 Å². The van der Waals surface area contributed by atoms with Gasteiger partial charge in [-0.2, -0.15) is 0 Å². The first-order valence-corrected chi connectivity index (χ1v) is 10.7. The van der Waals surface area contributed by atoms with Crippen molar-refractivity contribution < 1.29 is 19.1 Å². The zero-order valence-corrected chi connectivity index (χ0v) is 19.6. The molecule has 0 heterocycles. The Morgan fingerprint density at radius 3 is 1.59 bits per heavy atom. The Kier molecular flexibility index (Phi) is 9.47. The molecule has 0 saturated heterocycles. The van der Waals surface area contributed by atoms with Crippen LogP contribution in [-0.4, -0.2) is 38.1 Å². The van der Waals surface area contributed by atoms with Gasteiger partial charge in [-0.1, -0.05) is 31.9 Å². The Balaban J connectivity index is 1.56. The zero-order valence-electron chi connectivity index (χ0n) is 16.4. The van der Waals surface area contributed by atoms with E-state index in [-0.39, 0.29) is 25.0 Å². The van der Waals surface area contributed by atoms with E-state index in [9.17, 15) is 9.59 Å². The van der Waals surface area contributed by atoms with Crippen LogP contribution in [0.25, 0.3) is 0 Å². The Hall–Kier alpha value is -2.06. The number of hydrogen-bond acceptors (Lipinski definition) is 4. The molecule has 29 heavy (non-hydrogen) atoms. The summed E-state index contributed by atoms with van der Waals surface area (Å²) < 4.78 is 13.0. The first-order chi connectivity index (χ1) is 13.8. The predicted molar refractivity (Wildman–Crippen MR) is 119 cm³/mol. The highest BCUT2D eigenvalue weighted by Gasteiger charge is 2.07. The quantitative estimate of drug-likeness (QED) is 0.459. The standard InChI is InChI=1S/C21H24Br2N2O4/c1-14-10-16(22)4-6-18(14)28-12-20(26)24-8-3-9-25-21(27)13-29-19-7-5-17(23)11-15(19)2/h4-7,10-11H,3,8-9,12-13H2,1-2H3,(H,24,26)(H,25,27). The van der Waals surface area contributed by atoms with Gasteiger partial charge >= 0.3 is 0 Å². The molecule has 8 heteroatoms. The Morgan fingerprint density at radius 2 is 1.21 bits per heavy atom. The number of hydrogen-bond donors (Lipinski definition) is 2. The molecule has 2 N–H and O–H groups in total. The van der Waals surface area contributed by atoms with Crippen LogP contribution in [0.15, 0.2) is 45.3 Å². The van der Waals surface area contributed by atoms with Crippen molar-refractivity contribution in [2.24, 2.45) is 0 Å². The van der Waals surface area contributed by atoms with Gasteiger partial charge in [0.1, 0.15) is 11.5 Å². The van der Waals surface area contributed by atoms with E-state index >= 15 is 0 Å². The van der Waals surface area contributed by atoms with Crippen LogP contribution in [0.3, 0.4) is 0 Å². The molecule has 0 spiro atoms. The average molecular weight is 528 g/mol. The summed E-state index contributed by atoms with van der Waals surface area (Å²) in [7, 11) is 0. The van der Waals surface area contributed by atoms with Crippen LogP contribution in [0, 0.1) is 13.8 Å². The molecule has 2 aromatic rings. The summed E-state index contributed by atoms with van der Waals surface area (Å²) in [5.41, 5.74) is 1.91. The molecule has 0 aromatic heterocycles. The molecule has 2 amide bonds. The molecule has 2 rings (SSSR count). The summed E-state index contributed by atoms with van der Waals surface area (Å²) in [5, 5.41) is 5.54. The van der Waals surface area contributed by atoms with E-state index in [1.54, 1.807) is 0 Å². The van der Waals surface area contributed by atoms with Crippen LogP contribution < -0.4 is 20.1 Å². The van der Waals surface area contributed by atoms with Crippen molar-refractivity contribution in [1.82, 2.24) is 10.6 Å². The second kappa shape index (κ2) is 11.8. The number of benzene rings is 2. The molecule has 0 aliphatic rings. The number of aryl methyl sites for hydroxylation is 2. The van der Waals surface area contributed by atoms with Crippen LogP contribution in [-0.2, 0) is 9.59 Å². The molecule has 0 aliphatic carbocycles. The summed E-state index contributed by atoms with van der Waals surface area (Å²) in [6.45, 7) is 4.65. The number of nitrogens with one attached hydrogen (secondary N) is 2. The number of carbonyl (C=O) groups excluding carboxylic acids is 2. The van der Waals surface area contributed by atoms with Gasteiger partial charge in [0.05, 0.1) is 0 Å². The lowest BCUT2D eigenvalue weighted by molar-refractivity contribution is -0.123. The second-order valence-electron chi connectivity index (χ2n) is 6.45. The van der Waals surface area contributed by atoms with Gasteiger partial charge in [0.2, 0.25) is 0 Å². The Morgan fingerprint density at radius 1 is 0.793 bits per heavy atom. The summed E-state index contributed by atoms with van der Waals surface area (Å²) in [6, 6.07) is 11.2. The number of rotatable bonds is 10. The minimum atomic E-state index is -0.201. The number of carbonyl (C=O) groups is 2. The van der Waals surface area contributed by atoms with Crippen LogP contribution >= 0.6 is 31.9 Å². The SMILES string of the molecule is Cc1cc(Br)ccc1OCC(=O)NCCCNC(=O)COc1ccc(Br)cc1C. The molecule has 6 nitrogen and oxygen atoms in total. The smallest absolute Gasteiger partial charge is 0.257 e. The van der Waals surface area contributed by atoms with Crippen LogP contribution in [0.4, 0.5) is 0 Å². The van der Waals surface area contributed by atoms with E-state index in [4.69, 9.17) is 9.47 Å². The maximum atomic E-state index is 11.9. The molecule has 0 fully saturated rings. The number of ether oxygens (including phenoxy) is 2. The lowest BCUT2D eigenvalue weighted by Gasteiger charge is -2.11. The van der Waals surface area contributed by atoms with Gasteiger partial charge in [0.15, 0.2) is 13.2 Å². The highest BCUT2D eigenvalue weighted by Crippen LogP contribution is 2.22. The lowest BCUT2D eigenvalue weighted by atomic mass is 10.2. The van der Waals surface area contributed by atoms with E-state index in [1.807, 2.05) is 50.2 Å². The molecule has 0 atom stereocenters. The fourth-order valence-electron chi connectivity index (χ4n) is 2.48. The first-order valence-electron chi connectivity index (χ1n) is 9.16. The van der Waals surface area contributed by atoms with Crippen molar-refractivity contribution in [3.63, 3.8) is 0 Å². The molecule has 0 bridgehead atoms. The van der Waals surface area contributed by atoms with Gasteiger partial charge in [0, 0.05) is 22.0 Å². The molecule has 0 unspecified atom stereocenters. The second-order valence-corrected chi connectivity index (χ2v) is 8.28. The first kappa shape index (κ1) is 23.2. The Bertz CT molecular complexity index is 789. The Labute approximate surface area is 187 Å². The van der Waals surface area contributed by atoms with Gasteiger partial charge in [-0.05, 0) is 67.8 Å². The molecular weight excluding hydrogens is 504 g/mol. The number of halogens is 2. The summed E-state index contributed by atoms with van der Waals surface area (Å²) in [4.78, 5) is 23.7. The normalized spacial score (nSPS) is 10.3. The third kappa shape index (κ3) is 8.45. The van der Waals surface area contributed by atoms with E-state index in [2.05, 4.69) is 42.5 Å². The number of amides is 2. The van der Waals surface area contributed by atoms with E-state index in [0.29, 0.717) is 31.0 Å². The van der Waals surface area contributed by atoms with Crippen molar-refractivity contribution in [1.29, 1.82) is 0 Å². The van der Waals surface area contributed by atoms with E-state index in [1.165, 1.54) is 0 Å². The van der Waals surface area contributed by atoms with Crippen LogP contribution in [0.5, 0.6) is 11.5 Å². The van der Waals surface area contributed by atoms with Gasteiger partial charge in [-0.15, -0.1) is 0 Å². The molecular formula is C21H24Br2N2O4. The molecule has 0 saturated carbocycles. The lowest BCUT2D eigenvalue weighted by Crippen LogP contribution is -2.34. The highest BCUT2D eigenvalue weighted by molar-refractivity contribution is 9.10. The van der Waals surface area contributed by atoms with Crippen LogP contribution in [0.1, 0.15) is 17.5 Å². The third-order valence-corrected chi connectivity index (χ3v) is 4.98. The summed E-state index contributed by atoms with van der Waals surface area (Å²) >= 11 is 6.78. The maximum absolute atomic E-state index is 11.9. The van der Waals surface area contributed by atoms with Crippen molar-refractivity contribution >= 4 is 43.7 Å². The minimum Gasteiger partial charge on any atom is -0.484 e. The monoisotopic (exact) mass is 526 g/mol. The molecule has 2 aromatic carbocycles. The van der Waals surface area contributed by atoms with E-state index in [0.717, 1.165) is 20.1 Å². The van der Waals surface area contributed by atoms with E-state index < -0.39 is 0 Å². The fraction of sp³-hybridized carbons (Fsp3) is 0.333. The summed E-state index contributed by atoms with van der Waals surface area (Å²) in [6.07, 6.45) is 0.617. The molecule has 0 aliphatic heterocycles. The zero-order chi connectivity index (χ0) is 21.2. The fourth-order valence-corrected chi connectivity index (χ4v) is 3.43. The van der Waals surface area contributed by atoms with Gasteiger partial charge in [-0.25, -0.2) is 0 Å². The highest BCUT2D eigenvalue weighted by atomic mass is 79.9. The van der Waals surface area contributed by atoms with Gasteiger partial charge < -0.3 is 20.1 Å². The third-order valence-electron chi connectivity index (χ3n) is 3.99. The topological polar surface area (TPSA) is 76.7 Å². The predicted octanol–water partition coefficient (Wildman–Crippen LogP) is 3.91. The average Bonchev–Trinajstić information content (AvgIpc) is 2.66. The summed E-state index contributed by atoms with van der Waals surface area (Å²) in [5.74, 6) is 0.952. The van der Waals surface area contributed by atoms with Crippen molar-refractivity contribution in [3.8, 4) is 11.5 Å². The van der Waals surface area contributed by atoms with Crippen molar-refractivity contribution in [2.75, 3.05) is 26.3 Å².